The highest BCUT2D eigenvalue weighted by atomic mass is 35.5. The van der Waals surface area contributed by atoms with E-state index in [4.69, 9.17) is 11.6 Å². The number of carbonyl (C=O) groups is 2. The van der Waals surface area contributed by atoms with E-state index in [1.165, 1.54) is 12.1 Å². The molecule has 2 saturated heterocycles. The molecule has 0 aromatic heterocycles. The molecule has 0 aliphatic carbocycles. The number of rotatable bonds is 5. The molecule has 32 heavy (non-hydrogen) atoms. The van der Waals surface area contributed by atoms with Crippen LogP contribution in [0.15, 0.2) is 53.4 Å². The van der Waals surface area contributed by atoms with Gasteiger partial charge in [-0.25, -0.2) is 13.1 Å². The van der Waals surface area contributed by atoms with E-state index in [9.17, 15) is 18.0 Å². The van der Waals surface area contributed by atoms with Crippen molar-refractivity contribution < 1.29 is 18.0 Å². The second-order valence-corrected chi connectivity index (χ2v) is 10.6. The number of amides is 2. The summed E-state index contributed by atoms with van der Waals surface area (Å²) >= 11 is 5.84. The molecule has 7 nitrogen and oxygen atoms in total. The van der Waals surface area contributed by atoms with E-state index in [2.05, 4.69) is 4.72 Å². The minimum Gasteiger partial charge on any atom is -0.342 e. The monoisotopic (exact) mass is 475 g/mol. The Balaban J connectivity index is 1.32. The van der Waals surface area contributed by atoms with Gasteiger partial charge in [0.05, 0.1) is 10.8 Å². The standard InChI is InChI=1S/C23H26ClN3O4S/c1-16-2-6-20(7-3-16)27-15-17(14-22(27)28)23(29)26-12-10-19(11-13-26)25-32(30,31)21-8-4-18(24)5-9-21/h2-9,17,19,25H,10-15H2,1H3/t17-/m1/s1. The first-order valence-corrected chi connectivity index (χ1v) is 12.5. The van der Waals surface area contributed by atoms with Crippen LogP contribution in [0.4, 0.5) is 5.69 Å². The molecular weight excluding hydrogens is 450 g/mol. The summed E-state index contributed by atoms with van der Waals surface area (Å²) in [4.78, 5) is 29.1. The van der Waals surface area contributed by atoms with Gasteiger partial charge in [0.2, 0.25) is 21.8 Å². The molecule has 2 aromatic rings. The van der Waals surface area contributed by atoms with E-state index in [-0.39, 0.29) is 35.1 Å². The first-order chi connectivity index (χ1) is 15.2. The van der Waals surface area contributed by atoms with E-state index < -0.39 is 10.0 Å². The van der Waals surface area contributed by atoms with E-state index in [0.717, 1.165) is 11.3 Å². The number of sulfonamides is 1. The maximum Gasteiger partial charge on any atom is 0.240 e. The molecule has 170 valence electrons. The second-order valence-electron chi connectivity index (χ2n) is 8.42. The summed E-state index contributed by atoms with van der Waals surface area (Å²) < 4.78 is 27.9. The average molecular weight is 476 g/mol. The van der Waals surface area contributed by atoms with E-state index in [0.29, 0.717) is 37.5 Å². The lowest BCUT2D eigenvalue weighted by Gasteiger charge is -2.33. The van der Waals surface area contributed by atoms with Crippen molar-refractivity contribution in [3.05, 3.63) is 59.1 Å². The second kappa shape index (κ2) is 9.21. The molecule has 2 heterocycles. The number of likely N-dealkylation sites (tertiary alicyclic amines) is 1. The molecule has 1 N–H and O–H groups in total. The van der Waals surface area contributed by atoms with Crippen LogP contribution in [-0.2, 0) is 19.6 Å². The van der Waals surface area contributed by atoms with Crippen LogP contribution in [0.3, 0.4) is 0 Å². The molecule has 0 bridgehead atoms. The predicted octanol–water partition coefficient (Wildman–Crippen LogP) is 2.97. The molecule has 2 aromatic carbocycles. The van der Waals surface area contributed by atoms with Crippen molar-refractivity contribution in [2.75, 3.05) is 24.5 Å². The first-order valence-electron chi connectivity index (χ1n) is 10.7. The van der Waals surface area contributed by atoms with Crippen LogP contribution in [0.25, 0.3) is 0 Å². The van der Waals surface area contributed by atoms with Crippen LogP contribution in [0, 0.1) is 12.8 Å². The number of anilines is 1. The predicted molar refractivity (Wildman–Crippen MR) is 123 cm³/mol. The van der Waals surface area contributed by atoms with Gasteiger partial charge in [0.25, 0.3) is 0 Å². The summed E-state index contributed by atoms with van der Waals surface area (Å²) in [5.41, 5.74) is 1.92. The Labute approximate surface area is 193 Å². The highest BCUT2D eigenvalue weighted by Crippen LogP contribution is 2.27. The van der Waals surface area contributed by atoms with E-state index in [1.807, 2.05) is 31.2 Å². The third-order valence-electron chi connectivity index (χ3n) is 6.07. The molecule has 9 heteroatoms. The lowest BCUT2D eigenvalue weighted by atomic mass is 10.0. The number of halogens is 1. The van der Waals surface area contributed by atoms with Crippen LogP contribution in [0.5, 0.6) is 0 Å². The Morgan fingerprint density at radius 2 is 1.66 bits per heavy atom. The summed E-state index contributed by atoms with van der Waals surface area (Å²) in [5, 5.41) is 0.474. The Bertz CT molecular complexity index is 1100. The zero-order chi connectivity index (χ0) is 22.9. The lowest BCUT2D eigenvalue weighted by molar-refractivity contribution is -0.136. The van der Waals surface area contributed by atoms with E-state index in [1.54, 1.807) is 21.9 Å². The number of aryl methyl sites for hydroxylation is 1. The lowest BCUT2D eigenvalue weighted by Crippen LogP contribution is -2.48. The molecule has 0 saturated carbocycles. The van der Waals surface area contributed by atoms with Gasteiger partial charge < -0.3 is 9.80 Å². The largest absolute Gasteiger partial charge is 0.342 e. The third-order valence-corrected chi connectivity index (χ3v) is 7.86. The summed E-state index contributed by atoms with van der Waals surface area (Å²) in [7, 11) is -3.64. The molecule has 0 spiro atoms. The van der Waals surface area contributed by atoms with Crippen molar-refractivity contribution in [3.8, 4) is 0 Å². The minimum absolute atomic E-state index is 0.0352. The van der Waals surface area contributed by atoms with Crippen LogP contribution in [0.2, 0.25) is 5.02 Å². The Morgan fingerprint density at radius 1 is 1.03 bits per heavy atom. The Hall–Kier alpha value is -2.42. The van der Waals surface area contributed by atoms with Gasteiger partial charge in [0, 0.05) is 42.8 Å². The van der Waals surface area contributed by atoms with Gasteiger partial charge in [0.1, 0.15) is 0 Å². The van der Waals surface area contributed by atoms with Crippen LogP contribution in [0.1, 0.15) is 24.8 Å². The van der Waals surface area contributed by atoms with Gasteiger partial charge in [-0.3, -0.25) is 9.59 Å². The fraction of sp³-hybridized carbons (Fsp3) is 0.391. The maximum absolute atomic E-state index is 13.0. The average Bonchev–Trinajstić information content (AvgIpc) is 3.16. The number of hydrogen-bond donors (Lipinski definition) is 1. The smallest absolute Gasteiger partial charge is 0.240 e. The van der Waals surface area contributed by atoms with Gasteiger partial charge in [-0.15, -0.1) is 0 Å². The quantitative estimate of drug-likeness (QED) is 0.720. The highest BCUT2D eigenvalue weighted by molar-refractivity contribution is 7.89. The Kier molecular flexibility index (Phi) is 6.55. The maximum atomic E-state index is 13.0. The minimum atomic E-state index is -3.64. The fourth-order valence-electron chi connectivity index (χ4n) is 4.22. The molecule has 2 aliphatic heterocycles. The van der Waals surface area contributed by atoms with Gasteiger partial charge in [-0.1, -0.05) is 29.3 Å². The van der Waals surface area contributed by atoms with Crippen molar-refractivity contribution in [3.63, 3.8) is 0 Å². The Morgan fingerprint density at radius 3 is 2.28 bits per heavy atom. The van der Waals surface area contributed by atoms with Crippen molar-refractivity contribution >= 4 is 39.1 Å². The number of nitrogens with zero attached hydrogens (tertiary/aromatic N) is 2. The molecule has 2 fully saturated rings. The molecule has 1 atom stereocenters. The molecule has 2 amide bonds. The number of piperidine rings is 1. The number of nitrogens with one attached hydrogen (secondary N) is 1. The zero-order valence-corrected chi connectivity index (χ0v) is 19.4. The molecule has 0 radical (unpaired) electrons. The first kappa shape index (κ1) is 22.8. The van der Waals surface area contributed by atoms with Gasteiger partial charge in [0.15, 0.2) is 0 Å². The summed E-state index contributed by atoms with van der Waals surface area (Å²) in [6, 6.07) is 13.5. The van der Waals surface area contributed by atoms with Crippen molar-refractivity contribution in [2.24, 2.45) is 5.92 Å². The van der Waals surface area contributed by atoms with Crippen LogP contribution < -0.4 is 9.62 Å². The van der Waals surface area contributed by atoms with Crippen molar-refractivity contribution in [1.29, 1.82) is 0 Å². The van der Waals surface area contributed by atoms with Crippen LogP contribution >= 0.6 is 11.6 Å². The molecule has 4 rings (SSSR count). The summed E-state index contributed by atoms with van der Waals surface area (Å²) in [6.07, 6.45) is 1.26. The summed E-state index contributed by atoms with van der Waals surface area (Å²) in [6.45, 7) is 3.29. The SMILES string of the molecule is Cc1ccc(N2C[C@H](C(=O)N3CCC(NS(=O)(=O)c4ccc(Cl)cc4)CC3)CC2=O)cc1. The third kappa shape index (κ3) is 4.98. The molecular formula is C23H26ClN3O4S. The number of hydrogen-bond acceptors (Lipinski definition) is 4. The number of benzene rings is 2. The fourth-order valence-corrected chi connectivity index (χ4v) is 5.66. The molecule has 2 aliphatic rings. The van der Waals surface area contributed by atoms with Crippen molar-refractivity contribution in [2.45, 2.75) is 37.1 Å². The van der Waals surface area contributed by atoms with Gasteiger partial charge >= 0.3 is 0 Å². The van der Waals surface area contributed by atoms with Crippen LogP contribution in [-0.4, -0.2) is 50.8 Å². The van der Waals surface area contributed by atoms with E-state index >= 15 is 0 Å². The van der Waals surface area contributed by atoms with Gasteiger partial charge in [-0.05, 0) is 56.2 Å². The summed E-state index contributed by atoms with van der Waals surface area (Å²) in [5.74, 6) is -0.448. The topological polar surface area (TPSA) is 86.8 Å². The zero-order valence-electron chi connectivity index (χ0n) is 17.8. The van der Waals surface area contributed by atoms with Gasteiger partial charge in [-0.2, -0.15) is 0 Å². The number of carbonyl (C=O) groups excluding carboxylic acids is 2. The van der Waals surface area contributed by atoms with Crippen molar-refractivity contribution in [1.82, 2.24) is 9.62 Å². The normalized spacial score (nSPS) is 20.1. The highest BCUT2D eigenvalue weighted by Gasteiger charge is 2.38. The molecule has 0 unspecified atom stereocenters.